The van der Waals surface area contributed by atoms with Crippen molar-refractivity contribution in [2.24, 2.45) is 0 Å². The van der Waals surface area contributed by atoms with Crippen LogP contribution in [0.3, 0.4) is 0 Å². The highest BCUT2D eigenvalue weighted by atomic mass is 16.2. The normalized spacial score (nSPS) is 30.8. The molecule has 0 aromatic carbocycles. The summed E-state index contributed by atoms with van der Waals surface area (Å²) < 4.78 is 0. The molecular weight excluding hydrogens is 226 g/mol. The van der Waals surface area contributed by atoms with Crippen molar-refractivity contribution < 1.29 is 4.79 Å². The molecule has 104 valence electrons. The first kappa shape index (κ1) is 13.8. The van der Waals surface area contributed by atoms with Crippen molar-refractivity contribution in [3.8, 4) is 0 Å². The number of piperidine rings is 1. The van der Waals surface area contributed by atoms with Gasteiger partial charge in [-0.05, 0) is 40.0 Å². The summed E-state index contributed by atoms with van der Waals surface area (Å²) in [5, 5.41) is 3.44. The Kier molecular flexibility index (Phi) is 4.62. The Hall–Kier alpha value is -0.610. The van der Waals surface area contributed by atoms with E-state index in [4.69, 9.17) is 0 Å². The van der Waals surface area contributed by atoms with Gasteiger partial charge in [0.15, 0.2) is 0 Å². The van der Waals surface area contributed by atoms with E-state index in [0.29, 0.717) is 18.0 Å². The summed E-state index contributed by atoms with van der Waals surface area (Å²) in [6, 6.07) is 1.15. The fraction of sp³-hybridized carbons (Fsp3) is 0.929. The molecule has 0 bridgehead atoms. The van der Waals surface area contributed by atoms with Crippen molar-refractivity contribution in [1.29, 1.82) is 0 Å². The van der Waals surface area contributed by atoms with Gasteiger partial charge in [0.25, 0.3) is 0 Å². The van der Waals surface area contributed by atoms with Crippen LogP contribution in [0.15, 0.2) is 0 Å². The van der Waals surface area contributed by atoms with E-state index in [9.17, 15) is 4.79 Å². The van der Waals surface area contributed by atoms with Gasteiger partial charge < -0.3 is 10.2 Å². The van der Waals surface area contributed by atoms with Crippen LogP contribution in [-0.4, -0.2) is 60.0 Å². The number of carbonyl (C=O) groups excluding carboxylic acids is 1. The lowest BCUT2D eigenvalue weighted by Crippen LogP contribution is -2.57. The Morgan fingerprint density at radius 2 is 1.83 bits per heavy atom. The van der Waals surface area contributed by atoms with Gasteiger partial charge in [-0.15, -0.1) is 0 Å². The fourth-order valence-electron chi connectivity index (χ4n) is 3.01. The zero-order valence-corrected chi connectivity index (χ0v) is 12.0. The zero-order valence-electron chi connectivity index (χ0n) is 12.0. The van der Waals surface area contributed by atoms with Gasteiger partial charge in [-0.1, -0.05) is 0 Å². The lowest BCUT2D eigenvalue weighted by atomic mass is 9.98. The van der Waals surface area contributed by atoms with Gasteiger partial charge >= 0.3 is 0 Å². The highest BCUT2D eigenvalue weighted by Crippen LogP contribution is 2.15. The van der Waals surface area contributed by atoms with E-state index in [0.717, 1.165) is 32.6 Å². The fourth-order valence-corrected chi connectivity index (χ4v) is 3.01. The second kappa shape index (κ2) is 6.02. The Morgan fingerprint density at radius 1 is 1.17 bits per heavy atom. The predicted octanol–water partition coefficient (Wildman–Crippen LogP) is 1.07. The number of carbonyl (C=O) groups is 1. The molecule has 0 spiro atoms. The number of nitrogens with zero attached hydrogens (tertiary/aromatic N) is 2. The van der Waals surface area contributed by atoms with Gasteiger partial charge in [0.2, 0.25) is 5.91 Å². The number of amides is 1. The maximum absolute atomic E-state index is 12.4. The van der Waals surface area contributed by atoms with Crippen LogP contribution in [0.1, 0.15) is 40.0 Å². The Labute approximate surface area is 111 Å². The van der Waals surface area contributed by atoms with Gasteiger partial charge in [-0.2, -0.15) is 0 Å². The lowest BCUT2D eigenvalue weighted by molar-refractivity contribution is -0.136. The molecule has 0 radical (unpaired) electrons. The summed E-state index contributed by atoms with van der Waals surface area (Å²) in [4.78, 5) is 16.9. The first-order valence-corrected chi connectivity index (χ1v) is 7.37. The summed E-state index contributed by atoms with van der Waals surface area (Å²) in [7, 11) is 0. The van der Waals surface area contributed by atoms with E-state index in [1.807, 2.05) is 0 Å². The van der Waals surface area contributed by atoms with Gasteiger partial charge in [0.05, 0.1) is 6.04 Å². The molecule has 2 heterocycles. The third kappa shape index (κ3) is 3.23. The largest absolute Gasteiger partial charge is 0.339 e. The number of piperazine rings is 1. The Balaban J connectivity index is 1.83. The molecule has 2 atom stereocenters. The van der Waals surface area contributed by atoms with E-state index in [2.05, 4.69) is 35.9 Å². The highest BCUT2D eigenvalue weighted by molar-refractivity contribution is 5.82. The molecule has 1 N–H and O–H groups in total. The number of rotatable bonds is 2. The third-order valence-corrected chi connectivity index (χ3v) is 4.27. The number of nitrogens with one attached hydrogen (secondary N) is 1. The van der Waals surface area contributed by atoms with Crippen LogP contribution in [0.5, 0.6) is 0 Å². The van der Waals surface area contributed by atoms with E-state index in [-0.39, 0.29) is 6.04 Å². The average Bonchev–Trinajstić information content (AvgIpc) is 2.38. The van der Waals surface area contributed by atoms with Crippen LogP contribution < -0.4 is 5.32 Å². The van der Waals surface area contributed by atoms with Crippen LogP contribution in [0.25, 0.3) is 0 Å². The SMILES string of the molecule is CC1CCCC(C(=O)N2CCN(C(C)C)CC2)N1. The summed E-state index contributed by atoms with van der Waals surface area (Å²) in [5.41, 5.74) is 0. The standard InChI is InChI=1S/C14H27N3O/c1-11(2)16-7-9-17(10-8-16)14(18)13-6-4-5-12(3)15-13/h11-13,15H,4-10H2,1-3H3. The Morgan fingerprint density at radius 3 is 2.39 bits per heavy atom. The molecule has 2 aliphatic rings. The summed E-state index contributed by atoms with van der Waals surface area (Å²) in [6.07, 6.45) is 3.38. The molecular formula is C14H27N3O. The van der Waals surface area contributed by atoms with E-state index >= 15 is 0 Å². The van der Waals surface area contributed by atoms with E-state index < -0.39 is 0 Å². The summed E-state index contributed by atoms with van der Waals surface area (Å²) in [6.45, 7) is 10.4. The topological polar surface area (TPSA) is 35.6 Å². The first-order chi connectivity index (χ1) is 8.58. The van der Waals surface area contributed by atoms with Crippen LogP contribution in [0.2, 0.25) is 0 Å². The minimum Gasteiger partial charge on any atom is -0.339 e. The van der Waals surface area contributed by atoms with Crippen LogP contribution in [-0.2, 0) is 4.79 Å². The van der Waals surface area contributed by atoms with Gasteiger partial charge in [-0.3, -0.25) is 9.69 Å². The molecule has 2 fully saturated rings. The number of hydrogen-bond donors (Lipinski definition) is 1. The molecule has 1 amide bonds. The van der Waals surface area contributed by atoms with Gasteiger partial charge in [0, 0.05) is 38.3 Å². The molecule has 0 saturated carbocycles. The lowest BCUT2D eigenvalue weighted by Gasteiger charge is -2.39. The van der Waals surface area contributed by atoms with Crippen LogP contribution in [0, 0.1) is 0 Å². The van der Waals surface area contributed by atoms with Crippen molar-refractivity contribution in [3.05, 3.63) is 0 Å². The molecule has 0 aromatic rings. The van der Waals surface area contributed by atoms with Crippen molar-refractivity contribution in [2.45, 2.75) is 58.2 Å². The molecule has 2 unspecified atom stereocenters. The second-order valence-electron chi connectivity index (χ2n) is 6.01. The Bertz CT molecular complexity index is 285. The van der Waals surface area contributed by atoms with Crippen molar-refractivity contribution in [2.75, 3.05) is 26.2 Å². The zero-order chi connectivity index (χ0) is 13.1. The maximum Gasteiger partial charge on any atom is 0.239 e. The van der Waals surface area contributed by atoms with Gasteiger partial charge in [0.1, 0.15) is 0 Å². The van der Waals surface area contributed by atoms with Gasteiger partial charge in [-0.25, -0.2) is 0 Å². The summed E-state index contributed by atoms with van der Waals surface area (Å²) >= 11 is 0. The average molecular weight is 253 g/mol. The molecule has 0 aromatic heterocycles. The monoisotopic (exact) mass is 253 g/mol. The molecule has 0 aliphatic carbocycles. The maximum atomic E-state index is 12.4. The minimum atomic E-state index is 0.0688. The molecule has 4 nitrogen and oxygen atoms in total. The van der Waals surface area contributed by atoms with Crippen LogP contribution >= 0.6 is 0 Å². The van der Waals surface area contributed by atoms with Crippen molar-refractivity contribution >= 4 is 5.91 Å². The van der Waals surface area contributed by atoms with E-state index in [1.54, 1.807) is 0 Å². The summed E-state index contributed by atoms with van der Waals surface area (Å²) in [5.74, 6) is 0.324. The molecule has 2 aliphatic heterocycles. The molecule has 4 heteroatoms. The molecule has 2 saturated heterocycles. The predicted molar refractivity (Wildman–Crippen MR) is 73.5 cm³/mol. The minimum absolute atomic E-state index is 0.0688. The quantitative estimate of drug-likeness (QED) is 0.799. The van der Waals surface area contributed by atoms with Crippen molar-refractivity contribution in [3.63, 3.8) is 0 Å². The first-order valence-electron chi connectivity index (χ1n) is 7.37. The highest BCUT2D eigenvalue weighted by Gasteiger charge is 2.30. The number of hydrogen-bond acceptors (Lipinski definition) is 3. The van der Waals surface area contributed by atoms with E-state index in [1.165, 1.54) is 12.8 Å². The molecule has 18 heavy (non-hydrogen) atoms. The molecule has 2 rings (SSSR count). The smallest absolute Gasteiger partial charge is 0.239 e. The van der Waals surface area contributed by atoms with Crippen LogP contribution in [0.4, 0.5) is 0 Å². The van der Waals surface area contributed by atoms with Crippen molar-refractivity contribution in [1.82, 2.24) is 15.1 Å². The third-order valence-electron chi connectivity index (χ3n) is 4.27. The second-order valence-corrected chi connectivity index (χ2v) is 6.01.